The van der Waals surface area contributed by atoms with Crippen LogP contribution in [0.4, 0.5) is 21.2 Å². The number of carbonyl (C=O) groups is 2. The maximum Gasteiger partial charge on any atom is 0.413 e. The van der Waals surface area contributed by atoms with Gasteiger partial charge in [0.2, 0.25) is 0 Å². The van der Waals surface area contributed by atoms with Crippen molar-refractivity contribution in [3.63, 3.8) is 0 Å². The molecule has 0 saturated carbocycles. The van der Waals surface area contributed by atoms with Crippen LogP contribution in [0.2, 0.25) is 5.15 Å². The van der Waals surface area contributed by atoms with Crippen LogP contribution >= 0.6 is 11.6 Å². The van der Waals surface area contributed by atoms with Crippen molar-refractivity contribution in [3.05, 3.63) is 41.3 Å². The zero-order valence-electron chi connectivity index (χ0n) is 27.4. The first kappa shape index (κ1) is 37.3. The number of amides is 2. The van der Waals surface area contributed by atoms with Crippen molar-refractivity contribution in [2.45, 2.75) is 84.9 Å². The molecule has 0 aliphatic rings. The molecule has 1 atom stereocenters. The first-order chi connectivity index (χ1) is 21.1. The van der Waals surface area contributed by atoms with Gasteiger partial charge in [-0.15, -0.1) is 0 Å². The van der Waals surface area contributed by atoms with Gasteiger partial charge in [0, 0.05) is 57.1 Å². The fraction of sp³-hybridized carbons (Fsp3) is 0.552. The van der Waals surface area contributed by atoms with Gasteiger partial charge in [0.15, 0.2) is 6.29 Å². The topological polar surface area (TPSA) is 185 Å². The number of H-pyrrole nitrogens is 1. The Morgan fingerprint density at radius 2 is 1.36 bits per heavy atom. The van der Waals surface area contributed by atoms with E-state index in [4.69, 9.17) is 35.3 Å². The zero-order valence-corrected chi connectivity index (χ0v) is 28.1. The molecule has 3 heterocycles. The van der Waals surface area contributed by atoms with Gasteiger partial charge in [-0.1, -0.05) is 11.6 Å². The van der Waals surface area contributed by atoms with Crippen molar-refractivity contribution in [1.29, 1.82) is 0 Å². The van der Waals surface area contributed by atoms with Crippen LogP contribution in [-0.2, 0) is 36.5 Å². The minimum atomic E-state index is -0.619. The van der Waals surface area contributed by atoms with Gasteiger partial charge in [-0.3, -0.25) is 15.7 Å². The number of methoxy groups -OCH3 is 3. The van der Waals surface area contributed by atoms with E-state index in [0.29, 0.717) is 41.3 Å². The number of halogens is 1. The number of rotatable bonds is 10. The third-order valence-electron chi connectivity index (χ3n) is 5.64. The Hall–Kier alpha value is -3.92. The third kappa shape index (κ3) is 12.9. The molecular weight excluding hydrogens is 608 g/mol. The monoisotopic (exact) mass is 650 g/mol. The van der Waals surface area contributed by atoms with Crippen LogP contribution in [0.15, 0.2) is 25.0 Å². The van der Waals surface area contributed by atoms with Crippen LogP contribution in [0.1, 0.15) is 59.6 Å². The van der Waals surface area contributed by atoms with Crippen LogP contribution in [0.5, 0.6) is 0 Å². The Balaban J connectivity index is 0.000000322. The molecule has 0 aliphatic carbocycles. The summed E-state index contributed by atoms with van der Waals surface area (Å²) >= 11 is 6.05. The fourth-order valence-corrected chi connectivity index (χ4v) is 3.83. The van der Waals surface area contributed by atoms with Gasteiger partial charge in [0.05, 0.1) is 18.0 Å². The van der Waals surface area contributed by atoms with Gasteiger partial charge in [-0.25, -0.2) is 29.5 Å². The molecule has 1 unspecified atom stereocenters. The summed E-state index contributed by atoms with van der Waals surface area (Å²) in [7, 11) is 4.68. The maximum absolute atomic E-state index is 12.1. The molecule has 248 valence electrons. The molecule has 0 spiro atoms. The van der Waals surface area contributed by atoms with E-state index in [2.05, 4.69) is 40.8 Å². The van der Waals surface area contributed by atoms with Gasteiger partial charge in [0.1, 0.15) is 40.6 Å². The molecule has 0 aromatic carbocycles. The molecular formula is C29H43ClN8O7. The predicted octanol–water partition coefficient (Wildman–Crippen LogP) is 5.43. The Morgan fingerprint density at radius 1 is 0.822 bits per heavy atom. The number of ether oxygens (including phenoxy) is 5. The highest BCUT2D eigenvalue weighted by Crippen LogP contribution is 2.27. The average molecular weight is 651 g/mol. The molecule has 16 heteroatoms. The van der Waals surface area contributed by atoms with E-state index in [0.717, 1.165) is 5.56 Å². The van der Waals surface area contributed by atoms with E-state index in [9.17, 15) is 9.59 Å². The second kappa shape index (κ2) is 17.0. The van der Waals surface area contributed by atoms with E-state index in [-0.39, 0.29) is 11.3 Å². The number of hydrogen-bond donors (Lipinski definition) is 3. The number of anilines is 2. The number of nitrogens with one attached hydrogen (secondary N) is 3. The molecule has 3 rings (SSSR count). The number of aromatic nitrogens is 6. The summed E-state index contributed by atoms with van der Waals surface area (Å²) in [5.74, 6) is 0.669. The van der Waals surface area contributed by atoms with Crippen molar-refractivity contribution in [1.82, 2.24) is 30.1 Å². The van der Waals surface area contributed by atoms with Gasteiger partial charge < -0.3 is 23.7 Å². The number of carbonyl (C=O) groups excluding carboxylic acids is 2. The highest BCUT2D eigenvalue weighted by Gasteiger charge is 2.23. The minimum absolute atomic E-state index is 0.0716. The summed E-state index contributed by atoms with van der Waals surface area (Å²) in [5, 5.41) is 12.2. The van der Waals surface area contributed by atoms with Gasteiger partial charge in [-0.05, 0) is 48.5 Å². The van der Waals surface area contributed by atoms with E-state index >= 15 is 0 Å². The second-order valence-corrected chi connectivity index (χ2v) is 12.0. The first-order valence-corrected chi connectivity index (χ1v) is 14.3. The molecule has 3 N–H and O–H groups in total. The van der Waals surface area contributed by atoms with Gasteiger partial charge in [0.25, 0.3) is 0 Å². The molecule has 0 aliphatic heterocycles. The summed E-state index contributed by atoms with van der Waals surface area (Å²) in [4.78, 5) is 40.3. The molecule has 0 radical (unpaired) electrons. The summed E-state index contributed by atoms with van der Waals surface area (Å²) < 4.78 is 26.2. The van der Waals surface area contributed by atoms with Crippen LogP contribution in [0.3, 0.4) is 0 Å². The van der Waals surface area contributed by atoms with Crippen LogP contribution in [0.25, 0.3) is 11.3 Å². The first-order valence-electron chi connectivity index (χ1n) is 14.0. The standard InChI is InChI=1S/C16H23N5O4.C13H20ClN3O3/c1-16(2,3)25-15(22)21-14-11(6-12(23-4)24-5)13(17-9-18-14)10-7-19-20-8-10;1-8(19-5)6-9-10(14)15-7-16-11(9)17-12(18)20-13(2,3)4/h7-9,12H,6H2,1-5H3,(H,19,20)(H,17,18,21,22);7-8H,6H2,1-5H3,(H,15,16,17,18). The minimum Gasteiger partial charge on any atom is -0.444 e. The average Bonchev–Trinajstić information content (AvgIpc) is 3.47. The summed E-state index contributed by atoms with van der Waals surface area (Å²) in [5.41, 5.74) is 1.45. The highest BCUT2D eigenvalue weighted by atomic mass is 35.5. The lowest BCUT2D eigenvalue weighted by Crippen LogP contribution is -2.28. The largest absolute Gasteiger partial charge is 0.444 e. The SMILES string of the molecule is COC(C)Cc1c(Cl)ncnc1NC(=O)OC(C)(C)C.COC(Cc1c(NC(=O)OC(C)(C)C)ncnc1-c1cn[nH]c1)OC. The molecule has 2 amide bonds. The van der Waals surface area contributed by atoms with Gasteiger partial charge >= 0.3 is 12.2 Å². The van der Waals surface area contributed by atoms with Crippen LogP contribution in [0, 0.1) is 0 Å². The van der Waals surface area contributed by atoms with Crippen LogP contribution < -0.4 is 10.6 Å². The smallest absolute Gasteiger partial charge is 0.413 e. The Bertz CT molecular complexity index is 1370. The van der Waals surface area contributed by atoms with Crippen LogP contribution in [-0.4, -0.2) is 87.2 Å². The third-order valence-corrected chi connectivity index (χ3v) is 5.96. The van der Waals surface area contributed by atoms with Crippen molar-refractivity contribution in [3.8, 4) is 11.3 Å². The number of nitrogens with zero attached hydrogens (tertiary/aromatic N) is 5. The van der Waals surface area contributed by atoms with Crippen molar-refractivity contribution in [2.75, 3.05) is 32.0 Å². The van der Waals surface area contributed by atoms with Crippen molar-refractivity contribution >= 4 is 35.4 Å². The number of aromatic amines is 1. The molecule has 0 saturated heterocycles. The van der Waals surface area contributed by atoms with E-state index < -0.39 is 29.7 Å². The maximum atomic E-state index is 12.1. The normalized spacial score (nSPS) is 12.2. The summed E-state index contributed by atoms with van der Waals surface area (Å²) in [6.07, 6.45) is 5.04. The van der Waals surface area contributed by atoms with E-state index in [1.807, 2.05) is 6.92 Å². The Kier molecular flexibility index (Phi) is 14.0. The van der Waals surface area contributed by atoms with Crippen molar-refractivity contribution < 1.29 is 33.3 Å². The predicted molar refractivity (Wildman–Crippen MR) is 168 cm³/mol. The molecule has 3 aromatic heterocycles. The summed E-state index contributed by atoms with van der Waals surface area (Å²) in [6.45, 7) is 12.6. The quantitative estimate of drug-likeness (QED) is 0.187. The van der Waals surface area contributed by atoms with Crippen molar-refractivity contribution in [2.24, 2.45) is 0 Å². The van der Waals surface area contributed by atoms with E-state index in [1.54, 1.807) is 61.0 Å². The second-order valence-electron chi connectivity index (χ2n) is 11.6. The zero-order chi connectivity index (χ0) is 33.8. The fourth-order valence-electron chi connectivity index (χ4n) is 3.62. The Labute approximate surface area is 268 Å². The molecule has 15 nitrogen and oxygen atoms in total. The van der Waals surface area contributed by atoms with E-state index in [1.165, 1.54) is 26.9 Å². The molecule has 3 aromatic rings. The lowest BCUT2D eigenvalue weighted by Gasteiger charge is -2.21. The molecule has 0 bridgehead atoms. The summed E-state index contributed by atoms with van der Waals surface area (Å²) in [6, 6.07) is 0. The molecule has 0 fully saturated rings. The Morgan fingerprint density at radius 3 is 1.82 bits per heavy atom. The highest BCUT2D eigenvalue weighted by molar-refractivity contribution is 6.30. The lowest BCUT2D eigenvalue weighted by molar-refractivity contribution is -0.100. The van der Waals surface area contributed by atoms with Gasteiger partial charge in [-0.2, -0.15) is 5.10 Å². The lowest BCUT2D eigenvalue weighted by atomic mass is 10.1. The molecule has 45 heavy (non-hydrogen) atoms. The number of hydrogen-bond acceptors (Lipinski definition) is 12.